The van der Waals surface area contributed by atoms with Crippen molar-refractivity contribution >= 4 is 0 Å². The van der Waals surface area contributed by atoms with Crippen molar-refractivity contribution in [1.82, 2.24) is 5.32 Å². The molecule has 19 heavy (non-hydrogen) atoms. The zero-order chi connectivity index (χ0) is 14.6. The first kappa shape index (κ1) is 16.0. The van der Waals surface area contributed by atoms with Gasteiger partial charge in [0.25, 0.3) is 0 Å². The summed E-state index contributed by atoms with van der Waals surface area (Å²) in [5, 5.41) is 3.37. The summed E-state index contributed by atoms with van der Waals surface area (Å²) in [6.07, 6.45) is 0. The van der Waals surface area contributed by atoms with E-state index in [1.165, 1.54) is 11.1 Å². The fraction of sp³-hybridized carbons (Fsp3) is 0.625. The van der Waals surface area contributed by atoms with E-state index in [9.17, 15) is 0 Å². The van der Waals surface area contributed by atoms with Crippen molar-refractivity contribution < 1.29 is 4.74 Å². The quantitative estimate of drug-likeness (QED) is 0.830. The van der Waals surface area contributed by atoms with Gasteiger partial charge in [0.2, 0.25) is 0 Å². The Hall–Kier alpha value is -1.06. The van der Waals surface area contributed by atoms with Crippen molar-refractivity contribution in [3.05, 3.63) is 29.3 Å². The van der Waals surface area contributed by atoms with E-state index in [4.69, 9.17) is 10.5 Å². The second kappa shape index (κ2) is 6.40. The third kappa shape index (κ3) is 3.48. The van der Waals surface area contributed by atoms with Crippen molar-refractivity contribution in [3.63, 3.8) is 0 Å². The van der Waals surface area contributed by atoms with E-state index in [-0.39, 0.29) is 11.5 Å². The molecule has 3 heteroatoms. The van der Waals surface area contributed by atoms with E-state index in [0.29, 0.717) is 12.5 Å². The lowest BCUT2D eigenvalue weighted by Gasteiger charge is -2.34. The number of hydrogen-bond acceptors (Lipinski definition) is 3. The largest absolute Gasteiger partial charge is 0.496 e. The van der Waals surface area contributed by atoms with E-state index >= 15 is 0 Å². The van der Waals surface area contributed by atoms with Crippen LogP contribution in [0.15, 0.2) is 18.2 Å². The summed E-state index contributed by atoms with van der Waals surface area (Å²) in [5.41, 5.74) is 8.35. The molecule has 1 atom stereocenters. The monoisotopic (exact) mass is 264 g/mol. The molecule has 0 fully saturated rings. The van der Waals surface area contributed by atoms with Crippen LogP contribution >= 0.6 is 0 Å². The molecule has 0 amide bonds. The number of benzene rings is 1. The third-order valence-electron chi connectivity index (χ3n) is 3.83. The zero-order valence-corrected chi connectivity index (χ0v) is 13.1. The highest BCUT2D eigenvalue weighted by Crippen LogP contribution is 2.38. The summed E-state index contributed by atoms with van der Waals surface area (Å²) in [6, 6.07) is 6.65. The van der Waals surface area contributed by atoms with Crippen molar-refractivity contribution in [2.24, 2.45) is 11.1 Å². The van der Waals surface area contributed by atoms with Crippen molar-refractivity contribution in [3.8, 4) is 5.75 Å². The molecule has 1 rings (SSSR count). The number of ether oxygens (including phenoxy) is 1. The Bertz CT molecular complexity index is 413. The minimum absolute atomic E-state index is 0.0264. The fourth-order valence-corrected chi connectivity index (χ4v) is 2.41. The maximum atomic E-state index is 5.91. The molecule has 108 valence electrons. The number of hydrogen-bond donors (Lipinski definition) is 2. The zero-order valence-electron chi connectivity index (χ0n) is 13.1. The molecule has 0 aliphatic heterocycles. The Balaban J connectivity index is 3.25. The van der Waals surface area contributed by atoms with Crippen LogP contribution in [0.4, 0.5) is 0 Å². The molecule has 0 aliphatic rings. The molecule has 0 saturated heterocycles. The van der Waals surface area contributed by atoms with Gasteiger partial charge in [0.05, 0.1) is 7.11 Å². The van der Waals surface area contributed by atoms with Crippen LogP contribution in [0.25, 0.3) is 0 Å². The van der Waals surface area contributed by atoms with Crippen LogP contribution in [0.3, 0.4) is 0 Å². The van der Waals surface area contributed by atoms with Crippen LogP contribution < -0.4 is 15.8 Å². The Morgan fingerprint density at radius 3 is 2.37 bits per heavy atom. The molecule has 1 aromatic carbocycles. The van der Waals surface area contributed by atoms with Gasteiger partial charge in [-0.1, -0.05) is 39.8 Å². The highest BCUT2D eigenvalue weighted by molar-refractivity contribution is 5.41. The first-order valence-corrected chi connectivity index (χ1v) is 6.92. The lowest BCUT2D eigenvalue weighted by atomic mass is 9.79. The van der Waals surface area contributed by atoms with Crippen molar-refractivity contribution in [1.29, 1.82) is 0 Å². The van der Waals surface area contributed by atoms with Crippen LogP contribution in [-0.2, 0) is 0 Å². The number of rotatable bonds is 6. The van der Waals surface area contributed by atoms with Crippen LogP contribution in [-0.4, -0.2) is 20.7 Å². The first-order chi connectivity index (χ1) is 8.87. The summed E-state index contributed by atoms with van der Waals surface area (Å²) in [6.45, 7) is 9.34. The summed E-state index contributed by atoms with van der Waals surface area (Å²) < 4.78 is 5.58. The molecule has 1 unspecified atom stereocenters. The summed E-state index contributed by atoms with van der Waals surface area (Å²) >= 11 is 0. The Morgan fingerprint density at radius 2 is 1.95 bits per heavy atom. The van der Waals surface area contributed by atoms with Crippen molar-refractivity contribution in [2.45, 2.75) is 39.7 Å². The van der Waals surface area contributed by atoms with Crippen LogP contribution in [0.2, 0.25) is 0 Å². The van der Waals surface area contributed by atoms with Gasteiger partial charge in [0.1, 0.15) is 5.75 Å². The summed E-state index contributed by atoms with van der Waals surface area (Å²) in [7, 11) is 3.70. The average molecular weight is 264 g/mol. The molecule has 0 bridgehead atoms. The number of methoxy groups -OCH3 is 1. The molecule has 0 heterocycles. The van der Waals surface area contributed by atoms with E-state index in [0.717, 1.165) is 5.75 Å². The van der Waals surface area contributed by atoms with Gasteiger partial charge in [-0.2, -0.15) is 0 Å². The average Bonchev–Trinajstić information content (AvgIpc) is 2.39. The molecule has 0 aliphatic carbocycles. The van der Waals surface area contributed by atoms with Gasteiger partial charge >= 0.3 is 0 Å². The Kier molecular flexibility index (Phi) is 5.39. The smallest absolute Gasteiger partial charge is 0.123 e. The first-order valence-electron chi connectivity index (χ1n) is 6.92. The standard InChI is InChI=1S/C16H28N2O/c1-11(2)12-7-8-13(14(9-12)19-6)15(18-5)16(3,4)10-17/h7-9,11,15,18H,10,17H2,1-6H3. The Morgan fingerprint density at radius 1 is 1.32 bits per heavy atom. The predicted octanol–water partition coefficient (Wildman–Crippen LogP) is 3.06. The highest BCUT2D eigenvalue weighted by Gasteiger charge is 2.30. The van der Waals surface area contributed by atoms with Crippen LogP contribution in [0, 0.1) is 5.41 Å². The van der Waals surface area contributed by atoms with E-state index in [1.54, 1.807) is 7.11 Å². The van der Waals surface area contributed by atoms with Gasteiger partial charge in [-0.05, 0) is 36.6 Å². The Labute approximate surface area is 117 Å². The predicted molar refractivity (Wildman–Crippen MR) is 81.7 cm³/mol. The minimum atomic E-state index is -0.0264. The lowest BCUT2D eigenvalue weighted by molar-refractivity contribution is 0.258. The molecule has 0 saturated carbocycles. The molecule has 3 nitrogen and oxygen atoms in total. The minimum Gasteiger partial charge on any atom is -0.496 e. The topological polar surface area (TPSA) is 47.3 Å². The molecule has 0 radical (unpaired) electrons. The SMILES string of the molecule is CNC(c1ccc(C(C)C)cc1OC)C(C)(C)CN. The second-order valence-electron chi connectivity index (χ2n) is 6.07. The van der Waals surface area contributed by atoms with Crippen LogP contribution in [0.1, 0.15) is 50.8 Å². The maximum absolute atomic E-state index is 5.91. The molecular formula is C16H28N2O. The normalized spacial score (nSPS) is 13.7. The molecule has 3 N–H and O–H groups in total. The summed E-state index contributed by atoms with van der Waals surface area (Å²) in [5.74, 6) is 1.44. The van der Waals surface area contributed by atoms with Crippen molar-refractivity contribution in [2.75, 3.05) is 20.7 Å². The third-order valence-corrected chi connectivity index (χ3v) is 3.83. The summed E-state index contributed by atoms with van der Waals surface area (Å²) in [4.78, 5) is 0. The van der Waals surface area contributed by atoms with E-state index < -0.39 is 0 Å². The van der Waals surface area contributed by atoms with E-state index in [2.05, 4.69) is 51.2 Å². The van der Waals surface area contributed by atoms with Gasteiger partial charge in [-0.15, -0.1) is 0 Å². The lowest BCUT2D eigenvalue weighted by Crippen LogP contribution is -2.38. The number of nitrogens with two attached hydrogens (primary N) is 1. The van der Waals surface area contributed by atoms with Gasteiger partial charge in [0.15, 0.2) is 0 Å². The van der Waals surface area contributed by atoms with Gasteiger partial charge in [-0.25, -0.2) is 0 Å². The molecular weight excluding hydrogens is 236 g/mol. The maximum Gasteiger partial charge on any atom is 0.123 e. The molecule has 0 spiro atoms. The van der Waals surface area contributed by atoms with Crippen LogP contribution in [0.5, 0.6) is 5.75 Å². The van der Waals surface area contributed by atoms with Gasteiger partial charge in [-0.3, -0.25) is 0 Å². The molecule has 0 aromatic heterocycles. The number of nitrogens with one attached hydrogen (secondary N) is 1. The van der Waals surface area contributed by atoms with Gasteiger partial charge < -0.3 is 15.8 Å². The molecule has 1 aromatic rings. The second-order valence-corrected chi connectivity index (χ2v) is 6.07. The highest BCUT2D eigenvalue weighted by atomic mass is 16.5. The van der Waals surface area contributed by atoms with Gasteiger partial charge in [0, 0.05) is 11.6 Å². The fourth-order valence-electron chi connectivity index (χ4n) is 2.41. The van der Waals surface area contributed by atoms with E-state index in [1.807, 2.05) is 7.05 Å².